The van der Waals surface area contributed by atoms with Crippen molar-refractivity contribution in [2.24, 2.45) is 11.1 Å². The van der Waals surface area contributed by atoms with Gasteiger partial charge in [0.15, 0.2) is 0 Å². The van der Waals surface area contributed by atoms with Crippen molar-refractivity contribution in [2.45, 2.75) is 46.5 Å². The Bertz CT molecular complexity index is 427. The first-order valence-corrected chi connectivity index (χ1v) is 7.86. The maximum Gasteiger partial charge on any atom is 0.119 e. The third-order valence-electron chi connectivity index (χ3n) is 4.89. The minimum Gasteiger partial charge on any atom is -0.491 e. The van der Waals surface area contributed by atoms with Crippen LogP contribution in [-0.4, -0.2) is 26.4 Å². The zero-order valence-corrected chi connectivity index (χ0v) is 14.2. The summed E-state index contributed by atoms with van der Waals surface area (Å²) in [6.07, 6.45) is 1.14. The SMILES string of the molecule is CCC(C)(C)C(C)(C)c1cccc(OCCOCCN)c1. The van der Waals surface area contributed by atoms with Crippen LogP contribution in [0.15, 0.2) is 24.3 Å². The molecule has 0 saturated carbocycles. The molecule has 0 aliphatic rings. The maximum absolute atomic E-state index is 5.77. The lowest BCUT2D eigenvalue weighted by Gasteiger charge is -2.42. The van der Waals surface area contributed by atoms with Crippen LogP contribution >= 0.6 is 0 Å². The highest BCUT2D eigenvalue weighted by Crippen LogP contribution is 2.44. The molecule has 1 rings (SSSR count). The van der Waals surface area contributed by atoms with E-state index in [0.29, 0.717) is 26.4 Å². The summed E-state index contributed by atoms with van der Waals surface area (Å²) in [7, 11) is 0. The van der Waals surface area contributed by atoms with Gasteiger partial charge >= 0.3 is 0 Å². The van der Waals surface area contributed by atoms with Crippen molar-refractivity contribution < 1.29 is 9.47 Å². The smallest absolute Gasteiger partial charge is 0.119 e. The summed E-state index contributed by atoms with van der Waals surface area (Å²) in [4.78, 5) is 0. The van der Waals surface area contributed by atoms with Crippen molar-refractivity contribution in [1.29, 1.82) is 0 Å². The number of hydrogen-bond acceptors (Lipinski definition) is 3. The van der Waals surface area contributed by atoms with Gasteiger partial charge < -0.3 is 15.2 Å². The molecule has 0 radical (unpaired) electrons. The van der Waals surface area contributed by atoms with Gasteiger partial charge in [0.05, 0.1) is 13.2 Å². The third kappa shape index (κ3) is 4.72. The molecule has 3 nitrogen and oxygen atoms in total. The van der Waals surface area contributed by atoms with Crippen LogP contribution in [-0.2, 0) is 10.2 Å². The van der Waals surface area contributed by atoms with Gasteiger partial charge in [0.25, 0.3) is 0 Å². The van der Waals surface area contributed by atoms with E-state index in [0.717, 1.165) is 12.2 Å². The Labute approximate surface area is 129 Å². The number of benzene rings is 1. The molecule has 0 aliphatic carbocycles. The van der Waals surface area contributed by atoms with Crippen molar-refractivity contribution in [2.75, 3.05) is 26.4 Å². The summed E-state index contributed by atoms with van der Waals surface area (Å²) in [5, 5.41) is 0. The molecule has 0 aromatic heterocycles. The third-order valence-corrected chi connectivity index (χ3v) is 4.89. The number of hydrogen-bond donors (Lipinski definition) is 1. The number of nitrogens with two attached hydrogens (primary N) is 1. The second kappa shape index (κ2) is 7.81. The summed E-state index contributed by atoms with van der Waals surface area (Å²) < 4.78 is 11.1. The lowest BCUT2D eigenvalue weighted by atomic mass is 9.63. The minimum absolute atomic E-state index is 0.0944. The van der Waals surface area contributed by atoms with E-state index in [1.165, 1.54) is 5.56 Å². The Kier molecular flexibility index (Phi) is 6.69. The molecule has 2 N–H and O–H groups in total. The molecule has 0 saturated heterocycles. The monoisotopic (exact) mass is 293 g/mol. The highest BCUT2D eigenvalue weighted by atomic mass is 16.5. The van der Waals surface area contributed by atoms with Gasteiger partial charge in [-0.25, -0.2) is 0 Å². The zero-order chi connectivity index (χ0) is 15.9. The molecular weight excluding hydrogens is 262 g/mol. The Morgan fingerprint density at radius 1 is 1.05 bits per heavy atom. The van der Waals surface area contributed by atoms with Crippen LogP contribution in [0.3, 0.4) is 0 Å². The fourth-order valence-corrected chi connectivity index (χ4v) is 2.21. The predicted molar refractivity (Wildman–Crippen MR) is 88.9 cm³/mol. The Morgan fingerprint density at radius 3 is 2.38 bits per heavy atom. The Morgan fingerprint density at radius 2 is 1.76 bits per heavy atom. The molecule has 0 unspecified atom stereocenters. The molecule has 0 atom stereocenters. The lowest BCUT2D eigenvalue weighted by Crippen LogP contribution is -2.36. The first kappa shape index (κ1) is 18.0. The molecule has 0 heterocycles. The number of rotatable bonds is 9. The van der Waals surface area contributed by atoms with Gasteiger partial charge in [-0.3, -0.25) is 0 Å². The summed E-state index contributed by atoms with van der Waals surface area (Å²) in [6, 6.07) is 8.41. The largest absolute Gasteiger partial charge is 0.491 e. The van der Waals surface area contributed by atoms with Crippen molar-refractivity contribution in [1.82, 2.24) is 0 Å². The van der Waals surface area contributed by atoms with Crippen LogP contribution in [0.2, 0.25) is 0 Å². The van der Waals surface area contributed by atoms with E-state index in [1.54, 1.807) is 0 Å². The van der Waals surface area contributed by atoms with Gasteiger partial charge in [-0.15, -0.1) is 0 Å². The second-order valence-electron chi connectivity index (χ2n) is 6.64. The summed E-state index contributed by atoms with van der Waals surface area (Å²) in [6.45, 7) is 13.8. The Hall–Kier alpha value is -1.06. The molecule has 0 aliphatic heterocycles. The molecule has 21 heavy (non-hydrogen) atoms. The molecule has 0 bridgehead atoms. The van der Waals surface area contributed by atoms with Crippen LogP contribution in [0.4, 0.5) is 0 Å². The molecule has 1 aromatic carbocycles. The lowest BCUT2D eigenvalue weighted by molar-refractivity contribution is 0.105. The quantitative estimate of drug-likeness (QED) is 0.705. The van der Waals surface area contributed by atoms with E-state index in [2.05, 4.69) is 52.8 Å². The van der Waals surface area contributed by atoms with Gasteiger partial charge in [-0.05, 0) is 28.5 Å². The van der Waals surface area contributed by atoms with Crippen molar-refractivity contribution in [3.63, 3.8) is 0 Å². The second-order valence-corrected chi connectivity index (χ2v) is 6.64. The topological polar surface area (TPSA) is 44.5 Å². The van der Waals surface area contributed by atoms with Gasteiger partial charge in [0, 0.05) is 6.54 Å². The number of ether oxygens (including phenoxy) is 2. The van der Waals surface area contributed by atoms with Crippen LogP contribution in [0.25, 0.3) is 0 Å². The first-order chi connectivity index (χ1) is 9.85. The van der Waals surface area contributed by atoms with Gasteiger partial charge in [0.2, 0.25) is 0 Å². The fourth-order valence-electron chi connectivity index (χ4n) is 2.21. The molecular formula is C18H31NO2. The van der Waals surface area contributed by atoms with E-state index >= 15 is 0 Å². The van der Waals surface area contributed by atoms with Crippen LogP contribution in [0.5, 0.6) is 5.75 Å². The zero-order valence-electron chi connectivity index (χ0n) is 14.2. The Balaban J connectivity index is 2.72. The van der Waals surface area contributed by atoms with Gasteiger partial charge in [-0.1, -0.05) is 53.2 Å². The van der Waals surface area contributed by atoms with Crippen LogP contribution in [0.1, 0.15) is 46.6 Å². The van der Waals surface area contributed by atoms with Gasteiger partial charge in [-0.2, -0.15) is 0 Å². The maximum atomic E-state index is 5.77. The van der Waals surface area contributed by atoms with E-state index in [4.69, 9.17) is 15.2 Å². The fraction of sp³-hybridized carbons (Fsp3) is 0.667. The van der Waals surface area contributed by atoms with E-state index in [-0.39, 0.29) is 10.8 Å². The van der Waals surface area contributed by atoms with E-state index in [9.17, 15) is 0 Å². The predicted octanol–water partition coefficient (Wildman–Crippen LogP) is 3.75. The van der Waals surface area contributed by atoms with Crippen LogP contribution < -0.4 is 10.5 Å². The van der Waals surface area contributed by atoms with Gasteiger partial charge in [0.1, 0.15) is 12.4 Å². The van der Waals surface area contributed by atoms with Crippen molar-refractivity contribution in [3.05, 3.63) is 29.8 Å². The molecule has 1 aromatic rings. The van der Waals surface area contributed by atoms with E-state index < -0.39 is 0 Å². The molecule has 3 heteroatoms. The molecule has 0 fully saturated rings. The normalized spacial score (nSPS) is 12.5. The molecule has 0 spiro atoms. The summed E-state index contributed by atoms with van der Waals surface area (Å²) in [5.41, 5.74) is 7.02. The average molecular weight is 293 g/mol. The first-order valence-electron chi connectivity index (χ1n) is 7.86. The summed E-state index contributed by atoms with van der Waals surface area (Å²) >= 11 is 0. The highest BCUT2D eigenvalue weighted by molar-refractivity contribution is 5.34. The van der Waals surface area contributed by atoms with Crippen molar-refractivity contribution in [3.8, 4) is 5.75 Å². The molecule has 0 amide bonds. The average Bonchev–Trinajstić information content (AvgIpc) is 2.47. The van der Waals surface area contributed by atoms with Crippen molar-refractivity contribution >= 4 is 0 Å². The highest BCUT2D eigenvalue weighted by Gasteiger charge is 2.36. The van der Waals surface area contributed by atoms with Crippen LogP contribution in [0, 0.1) is 5.41 Å². The summed E-state index contributed by atoms with van der Waals surface area (Å²) in [5.74, 6) is 0.906. The van der Waals surface area contributed by atoms with E-state index in [1.807, 2.05) is 6.07 Å². The standard InChI is InChI=1S/C18H31NO2/c1-6-17(2,3)18(4,5)15-8-7-9-16(14-15)21-13-12-20-11-10-19/h7-9,14H,6,10-13,19H2,1-5H3. The molecule has 120 valence electrons. The minimum atomic E-state index is 0.0944.